The molecule has 2 N–H and O–H groups in total. The van der Waals surface area contributed by atoms with E-state index in [4.69, 9.17) is 5.73 Å². The molecule has 1 aliphatic heterocycles. The molecule has 1 fully saturated rings. The highest BCUT2D eigenvalue weighted by atomic mass is 15.2. The van der Waals surface area contributed by atoms with E-state index in [1.165, 1.54) is 50.8 Å². The van der Waals surface area contributed by atoms with Crippen LogP contribution in [-0.4, -0.2) is 30.6 Å². The smallest absolute Gasteiger partial charge is 0.0221 e. The fraction of sp³-hybridized carbons (Fsp3) is 0.625. The Morgan fingerprint density at radius 1 is 1.00 bits per heavy atom. The van der Waals surface area contributed by atoms with E-state index < -0.39 is 0 Å². The molecule has 2 rings (SSSR count). The minimum atomic E-state index is 0.573. The van der Waals surface area contributed by atoms with Gasteiger partial charge in [0, 0.05) is 12.6 Å². The van der Waals surface area contributed by atoms with Crippen molar-refractivity contribution in [1.29, 1.82) is 0 Å². The minimum absolute atomic E-state index is 0.573. The van der Waals surface area contributed by atoms with Crippen LogP contribution in [0.1, 0.15) is 37.7 Å². The average Bonchev–Trinajstić information content (AvgIpc) is 2.70. The van der Waals surface area contributed by atoms with E-state index in [1.807, 2.05) is 0 Å². The molecule has 1 atom stereocenters. The Balaban J connectivity index is 1.84. The molecule has 2 heteroatoms. The first-order chi connectivity index (χ1) is 8.90. The lowest BCUT2D eigenvalue weighted by atomic mass is 10.0. The number of nitrogens with zero attached hydrogens (tertiary/aromatic N) is 1. The Labute approximate surface area is 111 Å². The molecule has 0 spiro atoms. The molecule has 0 aliphatic carbocycles. The second kappa shape index (κ2) is 7.55. The highest BCUT2D eigenvalue weighted by Gasteiger charge is 2.18. The Kier molecular flexibility index (Phi) is 5.69. The molecule has 1 aromatic carbocycles. The second-order valence-electron chi connectivity index (χ2n) is 5.36. The van der Waals surface area contributed by atoms with E-state index in [1.54, 1.807) is 0 Å². The molecule has 0 saturated carbocycles. The molecule has 18 heavy (non-hydrogen) atoms. The third kappa shape index (κ3) is 4.11. The zero-order valence-electron chi connectivity index (χ0n) is 11.4. The predicted molar refractivity (Wildman–Crippen MR) is 77.6 cm³/mol. The van der Waals surface area contributed by atoms with E-state index >= 15 is 0 Å². The molecule has 2 nitrogen and oxygen atoms in total. The van der Waals surface area contributed by atoms with Gasteiger partial charge in [0.25, 0.3) is 0 Å². The first-order valence-corrected chi connectivity index (χ1v) is 7.38. The maximum atomic E-state index is 5.98. The van der Waals surface area contributed by atoms with Gasteiger partial charge in [0.1, 0.15) is 0 Å². The third-order valence-corrected chi connectivity index (χ3v) is 4.04. The predicted octanol–water partition coefficient (Wildman–Crippen LogP) is 2.82. The average molecular weight is 246 g/mol. The summed E-state index contributed by atoms with van der Waals surface area (Å²) in [5.41, 5.74) is 7.41. The van der Waals surface area contributed by atoms with E-state index in [0.717, 1.165) is 13.0 Å². The monoisotopic (exact) mass is 246 g/mol. The summed E-state index contributed by atoms with van der Waals surface area (Å²) in [7, 11) is 0. The zero-order valence-corrected chi connectivity index (χ0v) is 11.4. The highest BCUT2D eigenvalue weighted by Crippen LogP contribution is 2.15. The zero-order chi connectivity index (χ0) is 12.6. The van der Waals surface area contributed by atoms with Crippen molar-refractivity contribution in [3.63, 3.8) is 0 Å². The topological polar surface area (TPSA) is 29.3 Å². The van der Waals surface area contributed by atoms with E-state index in [-0.39, 0.29) is 0 Å². The van der Waals surface area contributed by atoms with Crippen LogP contribution in [-0.2, 0) is 6.42 Å². The summed E-state index contributed by atoms with van der Waals surface area (Å²) in [4.78, 5) is 2.62. The Morgan fingerprint density at radius 2 is 1.67 bits per heavy atom. The van der Waals surface area contributed by atoms with Crippen molar-refractivity contribution in [3.05, 3.63) is 35.9 Å². The van der Waals surface area contributed by atoms with Crippen molar-refractivity contribution in [2.45, 2.75) is 44.6 Å². The van der Waals surface area contributed by atoms with Crippen molar-refractivity contribution in [2.24, 2.45) is 5.73 Å². The molecular formula is C16H26N2. The fourth-order valence-electron chi connectivity index (χ4n) is 2.89. The van der Waals surface area contributed by atoms with Gasteiger partial charge >= 0.3 is 0 Å². The van der Waals surface area contributed by atoms with Gasteiger partial charge in [-0.3, -0.25) is 4.90 Å². The lowest BCUT2D eigenvalue weighted by molar-refractivity contribution is 0.198. The van der Waals surface area contributed by atoms with Gasteiger partial charge in [-0.25, -0.2) is 0 Å². The molecule has 0 amide bonds. The molecule has 1 aromatic rings. The Bertz CT molecular complexity index is 315. The number of nitrogens with two attached hydrogens (primary N) is 1. The van der Waals surface area contributed by atoms with Crippen LogP contribution in [0.25, 0.3) is 0 Å². The van der Waals surface area contributed by atoms with E-state index in [2.05, 4.69) is 35.2 Å². The molecule has 0 bridgehead atoms. The SMILES string of the molecule is NCC(CCc1ccccc1)N1CCCCCC1. The number of hydrogen-bond acceptors (Lipinski definition) is 2. The van der Waals surface area contributed by atoms with Crippen LogP contribution in [0.4, 0.5) is 0 Å². The van der Waals surface area contributed by atoms with Crippen molar-refractivity contribution in [2.75, 3.05) is 19.6 Å². The van der Waals surface area contributed by atoms with Crippen LogP contribution in [0.5, 0.6) is 0 Å². The van der Waals surface area contributed by atoms with Crippen LogP contribution in [0.2, 0.25) is 0 Å². The first-order valence-electron chi connectivity index (χ1n) is 7.38. The van der Waals surface area contributed by atoms with Gasteiger partial charge in [0.15, 0.2) is 0 Å². The van der Waals surface area contributed by atoms with Gasteiger partial charge in [-0.15, -0.1) is 0 Å². The lowest BCUT2D eigenvalue weighted by Gasteiger charge is -2.29. The number of likely N-dealkylation sites (tertiary alicyclic amines) is 1. The van der Waals surface area contributed by atoms with Crippen LogP contribution in [0.15, 0.2) is 30.3 Å². The van der Waals surface area contributed by atoms with Gasteiger partial charge in [-0.2, -0.15) is 0 Å². The Hall–Kier alpha value is -0.860. The third-order valence-electron chi connectivity index (χ3n) is 4.04. The summed E-state index contributed by atoms with van der Waals surface area (Å²) >= 11 is 0. The maximum Gasteiger partial charge on any atom is 0.0221 e. The largest absolute Gasteiger partial charge is 0.329 e. The molecular weight excluding hydrogens is 220 g/mol. The van der Waals surface area contributed by atoms with Gasteiger partial charge in [-0.05, 0) is 44.3 Å². The van der Waals surface area contributed by atoms with Crippen LogP contribution in [0.3, 0.4) is 0 Å². The molecule has 100 valence electrons. The molecule has 0 radical (unpaired) electrons. The Morgan fingerprint density at radius 3 is 2.28 bits per heavy atom. The standard InChI is InChI=1S/C16H26N2/c17-14-16(18-12-6-1-2-7-13-18)11-10-15-8-4-3-5-9-15/h3-5,8-9,16H,1-2,6-7,10-14,17H2. The van der Waals surface area contributed by atoms with Crippen molar-refractivity contribution in [3.8, 4) is 0 Å². The molecule has 1 unspecified atom stereocenters. The molecule has 1 saturated heterocycles. The normalized spacial score (nSPS) is 19.4. The summed E-state index contributed by atoms with van der Waals surface area (Å²) in [6, 6.07) is 11.3. The second-order valence-corrected chi connectivity index (χ2v) is 5.36. The van der Waals surface area contributed by atoms with Gasteiger partial charge in [-0.1, -0.05) is 43.2 Å². The summed E-state index contributed by atoms with van der Waals surface area (Å²) in [6.45, 7) is 3.29. The van der Waals surface area contributed by atoms with Crippen LogP contribution >= 0.6 is 0 Å². The molecule has 1 heterocycles. The van der Waals surface area contributed by atoms with Crippen molar-refractivity contribution in [1.82, 2.24) is 4.90 Å². The summed E-state index contributed by atoms with van der Waals surface area (Å²) < 4.78 is 0. The van der Waals surface area contributed by atoms with E-state index in [0.29, 0.717) is 6.04 Å². The number of rotatable bonds is 5. The van der Waals surface area contributed by atoms with Gasteiger partial charge < -0.3 is 5.73 Å². The van der Waals surface area contributed by atoms with Gasteiger partial charge in [0.2, 0.25) is 0 Å². The highest BCUT2D eigenvalue weighted by molar-refractivity contribution is 5.14. The number of aryl methyl sites for hydroxylation is 1. The maximum absolute atomic E-state index is 5.98. The van der Waals surface area contributed by atoms with Gasteiger partial charge in [0.05, 0.1) is 0 Å². The van der Waals surface area contributed by atoms with Crippen LogP contribution < -0.4 is 5.73 Å². The molecule has 1 aliphatic rings. The van der Waals surface area contributed by atoms with Crippen LogP contribution in [0, 0.1) is 0 Å². The van der Waals surface area contributed by atoms with Crippen molar-refractivity contribution >= 4 is 0 Å². The summed E-state index contributed by atoms with van der Waals surface area (Å²) in [5, 5.41) is 0. The summed E-state index contributed by atoms with van der Waals surface area (Å²) in [6.07, 6.45) is 7.84. The number of hydrogen-bond donors (Lipinski definition) is 1. The minimum Gasteiger partial charge on any atom is -0.329 e. The molecule has 0 aromatic heterocycles. The quantitative estimate of drug-likeness (QED) is 0.865. The first kappa shape index (κ1) is 13.6. The lowest BCUT2D eigenvalue weighted by Crippen LogP contribution is -2.41. The summed E-state index contributed by atoms with van der Waals surface area (Å²) in [5.74, 6) is 0. The number of benzene rings is 1. The fourth-order valence-corrected chi connectivity index (χ4v) is 2.89. The van der Waals surface area contributed by atoms with Crippen molar-refractivity contribution < 1.29 is 0 Å². The van der Waals surface area contributed by atoms with E-state index in [9.17, 15) is 0 Å².